The van der Waals surface area contributed by atoms with Gasteiger partial charge in [-0.25, -0.2) is 9.97 Å². The van der Waals surface area contributed by atoms with Gasteiger partial charge >= 0.3 is 0 Å². The lowest BCUT2D eigenvalue weighted by Gasteiger charge is -2.22. The number of rotatable bonds is 5. The molecule has 0 aliphatic carbocycles. The molecule has 0 spiro atoms. The average Bonchev–Trinajstić information content (AvgIpc) is 3.26. The van der Waals surface area contributed by atoms with E-state index in [1.165, 1.54) is 4.88 Å². The van der Waals surface area contributed by atoms with Crippen LogP contribution in [0.2, 0.25) is 0 Å². The molecular formula is C17H15N3O2S. The Morgan fingerprint density at radius 1 is 1.04 bits per heavy atom. The first kappa shape index (κ1) is 14.0. The second-order valence-electron chi connectivity index (χ2n) is 5.29. The number of hydrogen-bond donors (Lipinski definition) is 0. The Balaban J connectivity index is 1.76. The first-order valence-corrected chi connectivity index (χ1v) is 8.12. The molecule has 0 aromatic carbocycles. The zero-order valence-corrected chi connectivity index (χ0v) is 13.4. The van der Waals surface area contributed by atoms with Crippen LogP contribution in [-0.2, 0) is 13.1 Å². The molecule has 0 saturated heterocycles. The molecule has 4 aromatic heterocycles. The normalized spacial score (nSPS) is 11.2. The zero-order chi connectivity index (χ0) is 15.6. The van der Waals surface area contributed by atoms with E-state index >= 15 is 0 Å². The highest BCUT2D eigenvalue weighted by Crippen LogP contribution is 2.31. The highest BCUT2D eigenvalue weighted by Gasteiger charge is 2.17. The number of anilines is 1. The standard InChI is InChI=1S/C17H15N3O2S/c1-12-8-15-16(18-11-19-17(15)23-12)20(9-13-4-2-6-21-13)10-14-5-3-7-22-14/h2-8,11H,9-10H2,1H3. The van der Waals surface area contributed by atoms with E-state index in [2.05, 4.69) is 27.9 Å². The van der Waals surface area contributed by atoms with Crippen molar-refractivity contribution in [3.63, 3.8) is 0 Å². The number of hydrogen-bond acceptors (Lipinski definition) is 6. The molecule has 5 nitrogen and oxygen atoms in total. The van der Waals surface area contributed by atoms with Crippen molar-refractivity contribution in [2.45, 2.75) is 20.0 Å². The van der Waals surface area contributed by atoms with E-state index in [1.54, 1.807) is 30.2 Å². The number of aromatic nitrogens is 2. The molecule has 23 heavy (non-hydrogen) atoms. The van der Waals surface area contributed by atoms with E-state index in [4.69, 9.17) is 8.83 Å². The molecule has 0 bridgehead atoms. The number of nitrogens with zero attached hydrogens (tertiary/aromatic N) is 3. The van der Waals surface area contributed by atoms with Crippen molar-refractivity contribution in [3.05, 3.63) is 65.6 Å². The Bertz CT molecular complexity index is 861. The predicted octanol–water partition coefficient (Wildman–Crippen LogP) is 4.39. The molecule has 0 N–H and O–H groups in total. The minimum absolute atomic E-state index is 0.620. The summed E-state index contributed by atoms with van der Waals surface area (Å²) in [6.45, 7) is 3.32. The van der Waals surface area contributed by atoms with Crippen LogP contribution >= 0.6 is 11.3 Å². The summed E-state index contributed by atoms with van der Waals surface area (Å²) in [6, 6.07) is 9.85. The lowest BCUT2D eigenvalue weighted by Crippen LogP contribution is -2.23. The summed E-state index contributed by atoms with van der Waals surface area (Å²) >= 11 is 1.67. The lowest BCUT2D eigenvalue weighted by molar-refractivity contribution is 0.476. The molecule has 4 heterocycles. The van der Waals surface area contributed by atoms with Crippen LogP contribution in [0.25, 0.3) is 10.2 Å². The van der Waals surface area contributed by atoms with Gasteiger partial charge < -0.3 is 13.7 Å². The van der Waals surface area contributed by atoms with Crippen molar-refractivity contribution < 1.29 is 8.83 Å². The van der Waals surface area contributed by atoms with Gasteiger partial charge in [0.15, 0.2) is 0 Å². The van der Waals surface area contributed by atoms with Crippen LogP contribution in [0.5, 0.6) is 0 Å². The largest absolute Gasteiger partial charge is 0.467 e. The smallest absolute Gasteiger partial charge is 0.141 e. The van der Waals surface area contributed by atoms with Crippen molar-refractivity contribution in [2.75, 3.05) is 4.90 Å². The number of fused-ring (bicyclic) bond motifs is 1. The number of furan rings is 2. The van der Waals surface area contributed by atoms with Crippen molar-refractivity contribution in [2.24, 2.45) is 0 Å². The van der Waals surface area contributed by atoms with Crippen LogP contribution in [0.3, 0.4) is 0 Å². The Hall–Kier alpha value is -2.60. The molecule has 6 heteroatoms. The summed E-state index contributed by atoms with van der Waals surface area (Å²) in [5.74, 6) is 2.66. The monoisotopic (exact) mass is 325 g/mol. The van der Waals surface area contributed by atoms with Gasteiger partial charge in [0.2, 0.25) is 0 Å². The molecular weight excluding hydrogens is 310 g/mol. The SMILES string of the molecule is Cc1cc2c(N(Cc3ccco3)Cc3ccco3)ncnc2s1. The van der Waals surface area contributed by atoms with E-state index in [0.717, 1.165) is 27.6 Å². The molecule has 0 atom stereocenters. The highest BCUT2D eigenvalue weighted by molar-refractivity contribution is 7.18. The topological polar surface area (TPSA) is 55.3 Å². The fourth-order valence-corrected chi connectivity index (χ4v) is 3.44. The quantitative estimate of drug-likeness (QED) is 0.544. The van der Waals surface area contributed by atoms with Crippen molar-refractivity contribution in [1.82, 2.24) is 9.97 Å². The fraction of sp³-hybridized carbons (Fsp3) is 0.176. The third-order valence-electron chi connectivity index (χ3n) is 3.58. The minimum Gasteiger partial charge on any atom is -0.467 e. The lowest BCUT2D eigenvalue weighted by atomic mass is 10.3. The molecule has 0 unspecified atom stereocenters. The predicted molar refractivity (Wildman–Crippen MR) is 89.5 cm³/mol. The third kappa shape index (κ3) is 2.85. The zero-order valence-electron chi connectivity index (χ0n) is 12.6. The van der Waals surface area contributed by atoms with E-state index < -0.39 is 0 Å². The molecule has 0 fully saturated rings. The van der Waals surface area contributed by atoms with Crippen LogP contribution in [0.15, 0.2) is 58.0 Å². The van der Waals surface area contributed by atoms with Gasteiger partial charge in [-0.15, -0.1) is 11.3 Å². The van der Waals surface area contributed by atoms with Crippen LogP contribution in [0.1, 0.15) is 16.4 Å². The Kier molecular flexibility index (Phi) is 3.59. The van der Waals surface area contributed by atoms with E-state index in [0.29, 0.717) is 13.1 Å². The molecule has 4 aromatic rings. The second-order valence-corrected chi connectivity index (χ2v) is 6.52. The maximum atomic E-state index is 5.51. The molecule has 0 aliphatic rings. The maximum absolute atomic E-state index is 5.51. The van der Waals surface area contributed by atoms with Gasteiger partial charge in [0.25, 0.3) is 0 Å². The van der Waals surface area contributed by atoms with Crippen LogP contribution in [-0.4, -0.2) is 9.97 Å². The van der Waals surface area contributed by atoms with Crippen molar-refractivity contribution in [3.8, 4) is 0 Å². The average molecular weight is 325 g/mol. The van der Waals surface area contributed by atoms with Crippen LogP contribution < -0.4 is 4.90 Å². The summed E-state index contributed by atoms with van der Waals surface area (Å²) in [5, 5.41) is 1.06. The van der Waals surface area contributed by atoms with E-state index in [9.17, 15) is 0 Å². The summed E-state index contributed by atoms with van der Waals surface area (Å²) in [4.78, 5) is 13.3. The first-order chi connectivity index (χ1) is 11.3. The van der Waals surface area contributed by atoms with E-state index in [1.807, 2.05) is 24.3 Å². The highest BCUT2D eigenvalue weighted by atomic mass is 32.1. The summed E-state index contributed by atoms with van der Waals surface area (Å²) in [6.07, 6.45) is 4.99. The van der Waals surface area contributed by atoms with Crippen molar-refractivity contribution in [1.29, 1.82) is 0 Å². The molecule has 0 radical (unpaired) electrons. The van der Waals surface area contributed by atoms with E-state index in [-0.39, 0.29) is 0 Å². The summed E-state index contributed by atoms with van der Waals surface area (Å²) < 4.78 is 11.0. The van der Waals surface area contributed by atoms with Gasteiger partial charge in [-0.2, -0.15) is 0 Å². The van der Waals surface area contributed by atoms with Gasteiger partial charge in [-0.05, 0) is 37.3 Å². The van der Waals surface area contributed by atoms with Gasteiger partial charge in [-0.3, -0.25) is 0 Å². The number of thiophene rings is 1. The Labute approximate surface area is 137 Å². The Morgan fingerprint density at radius 3 is 2.35 bits per heavy atom. The second kappa shape index (κ2) is 5.89. The third-order valence-corrected chi connectivity index (χ3v) is 4.54. The Morgan fingerprint density at radius 2 is 1.74 bits per heavy atom. The number of aryl methyl sites for hydroxylation is 1. The van der Waals surface area contributed by atoms with Crippen LogP contribution in [0.4, 0.5) is 5.82 Å². The molecule has 0 aliphatic heterocycles. The minimum atomic E-state index is 0.620. The van der Waals surface area contributed by atoms with Gasteiger partial charge in [0.1, 0.15) is 28.5 Å². The summed E-state index contributed by atoms with van der Waals surface area (Å²) in [7, 11) is 0. The molecule has 4 rings (SSSR count). The van der Waals surface area contributed by atoms with Crippen molar-refractivity contribution >= 4 is 27.4 Å². The molecule has 0 saturated carbocycles. The van der Waals surface area contributed by atoms with Gasteiger partial charge in [-0.1, -0.05) is 0 Å². The summed E-state index contributed by atoms with van der Waals surface area (Å²) in [5.41, 5.74) is 0. The molecule has 0 amide bonds. The first-order valence-electron chi connectivity index (χ1n) is 7.30. The van der Waals surface area contributed by atoms with Gasteiger partial charge in [0, 0.05) is 4.88 Å². The van der Waals surface area contributed by atoms with Gasteiger partial charge in [0.05, 0.1) is 31.0 Å². The van der Waals surface area contributed by atoms with Crippen LogP contribution in [0, 0.1) is 6.92 Å². The maximum Gasteiger partial charge on any atom is 0.141 e. The fourth-order valence-electron chi connectivity index (χ4n) is 2.60. The molecule has 116 valence electrons.